The van der Waals surface area contributed by atoms with Crippen LogP contribution in [0, 0.1) is 0 Å². The highest BCUT2D eigenvalue weighted by molar-refractivity contribution is 7.98. The number of benzene rings is 3. The molecule has 5 rings (SSSR count). The maximum absolute atomic E-state index is 12.9. The van der Waals surface area contributed by atoms with Crippen molar-refractivity contribution in [2.24, 2.45) is 0 Å². The van der Waals surface area contributed by atoms with Gasteiger partial charge in [0.05, 0.1) is 18.3 Å². The van der Waals surface area contributed by atoms with Crippen molar-refractivity contribution in [1.29, 1.82) is 0 Å². The van der Waals surface area contributed by atoms with Crippen LogP contribution in [0.25, 0.3) is 11.1 Å². The van der Waals surface area contributed by atoms with Crippen LogP contribution in [0.2, 0.25) is 0 Å². The summed E-state index contributed by atoms with van der Waals surface area (Å²) in [5.41, 5.74) is 3.17. The molecule has 0 saturated heterocycles. The predicted octanol–water partition coefficient (Wildman–Crippen LogP) is 5.62. The largest absolute Gasteiger partial charge is 0.497 e. The molecule has 0 spiro atoms. The van der Waals surface area contributed by atoms with E-state index in [0.29, 0.717) is 47.0 Å². The number of anilines is 1. The average molecular weight is 650 g/mol. The van der Waals surface area contributed by atoms with Gasteiger partial charge in [-0.1, -0.05) is 72.3 Å². The molecule has 3 aromatic rings. The minimum absolute atomic E-state index is 0.0207. The van der Waals surface area contributed by atoms with E-state index >= 15 is 0 Å². The smallest absolute Gasteiger partial charge is 0.278 e. The van der Waals surface area contributed by atoms with Gasteiger partial charge in [0.15, 0.2) is 0 Å². The lowest BCUT2D eigenvalue weighted by atomic mass is 10.0. The molecular formula is C33H32ClN3O5S2. The van der Waals surface area contributed by atoms with E-state index in [-0.39, 0.29) is 22.8 Å². The molecule has 0 radical (unpaired) electrons. The third-order valence-electron chi connectivity index (χ3n) is 6.80. The van der Waals surface area contributed by atoms with Gasteiger partial charge in [-0.3, -0.25) is 29.0 Å². The molecule has 3 aromatic carbocycles. The number of amides is 4. The minimum Gasteiger partial charge on any atom is -0.497 e. The Hall–Kier alpha value is -3.99. The molecule has 0 fully saturated rings. The van der Waals surface area contributed by atoms with Gasteiger partial charge in [-0.15, -0.1) is 0 Å². The first kappa shape index (κ1) is 32.9. The lowest BCUT2D eigenvalue weighted by molar-refractivity contribution is -0.137. The molecule has 0 atom stereocenters. The summed E-state index contributed by atoms with van der Waals surface area (Å²) in [6.45, 7) is 0.786. The molecule has 44 heavy (non-hydrogen) atoms. The van der Waals surface area contributed by atoms with Crippen molar-refractivity contribution in [1.82, 2.24) is 9.80 Å². The van der Waals surface area contributed by atoms with E-state index in [0.717, 1.165) is 17.0 Å². The summed E-state index contributed by atoms with van der Waals surface area (Å²) in [4.78, 5) is 52.4. The van der Waals surface area contributed by atoms with Crippen LogP contribution < -0.4 is 10.1 Å². The van der Waals surface area contributed by atoms with E-state index in [2.05, 4.69) is 5.32 Å². The fourth-order valence-electron chi connectivity index (χ4n) is 4.56. The van der Waals surface area contributed by atoms with E-state index in [9.17, 15) is 19.2 Å². The maximum atomic E-state index is 12.9. The van der Waals surface area contributed by atoms with Gasteiger partial charge in [0.2, 0.25) is 0 Å². The zero-order valence-corrected chi connectivity index (χ0v) is 26.9. The van der Waals surface area contributed by atoms with Gasteiger partial charge in [0.1, 0.15) is 16.5 Å². The molecule has 8 nitrogen and oxygen atoms in total. The Balaban J connectivity index is 0.000000215. The summed E-state index contributed by atoms with van der Waals surface area (Å²) in [6, 6.07) is 25.6. The number of hydrogen-bond donors (Lipinski definition) is 1. The quantitative estimate of drug-likeness (QED) is 0.268. The van der Waals surface area contributed by atoms with Crippen molar-refractivity contribution in [2.75, 3.05) is 49.5 Å². The Morgan fingerprint density at radius 3 is 1.64 bits per heavy atom. The van der Waals surface area contributed by atoms with Crippen molar-refractivity contribution >= 4 is 75.6 Å². The minimum atomic E-state index is -0.394. The Kier molecular flexibility index (Phi) is 11.7. The number of nitrogens with one attached hydrogen (secondary N) is 1. The van der Waals surface area contributed by atoms with Crippen LogP contribution in [0.1, 0.15) is 11.1 Å². The number of imide groups is 2. The first-order valence-electron chi connectivity index (χ1n) is 13.7. The molecule has 0 aliphatic carbocycles. The topological polar surface area (TPSA) is 96.0 Å². The molecule has 2 aliphatic rings. The highest BCUT2D eigenvalue weighted by Crippen LogP contribution is 2.32. The second-order valence-corrected chi connectivity index (χ2v) is 11.9. The van der Waals surface area contributed by atoms with Crippen LogP contribution in [-0.2, 0) is 19.2 Å². The van der Waals surface area contributed by atoms with Crippen molar-refractivity contribution in [3.8, 4) is 5.75 Å². The van der Waals surface area contributed by atoms with E-state index in [1.807, 2.05) is 73.2 Å². The first-order chi connectivity index (χ1) is 21.3. The maximum Gasteiger partial charge on any atom is 0.278 e. The SMILES string of the molecule is COc1ccc(NC2=C(c3ccccc3)C(=O)N(CCSC)C2=O)cc1.CSCCN1C(=O)C(Cl)=C(c2ccccc2)C1=O. The van der Waals surface area contributed by atoms with Gasteiger partial charge in [-0.25, -0.2) is 0 Å². The molecular weight excluding hydrogens is 618 g/mol. The third-order valence-corrected chi connectivity index (χ3v) is 8.33. The van der Waals surface area contributed by atoms with Crippen molar-refractivity contribution < 1.29 is 23.9 Å². The van der Waals surface area contributed by atoms with Gasteiger partial charge in [-0.2, -0.15) is 23.5 Å². The molecule has 11 heteroatoms. The lowest BCUT2D eigenvalue weighted by Gasteiger charge is -2.14. The van der Waals surface area contributed by atoms with Gasteiger partial charge in [0, 0.05) is 30.3 Å². The van der Waals surface area contributed by atoms with E-state index in [1.165, 1.54) is 9.80 Å². The van der Waals surface area contributed by atoms with Crippen molar-refractivity contribution in [3.63, 3.8) is 0 Å². The number of methoxy groups -OCH3 is 1. The fourth-order valence-corrected chi connectivity index (χ4v) is 5.58. The zero-order chi connectivity index (χ0) is 31.6. The molecule has 0 aromatic heterocycles. The second kappa shape index (κ2) is 15.7. The van der Waals surface area contributed by atoms with Gasteiger partial charge in [-0.05, 0) is 47.9 Å². The molecule has 2 heterocycles. The number of hydrogen-bond acceptors (Lipinski definition) is 8. The molecule has 2 aliphatic heterocycles. The van der Waals surface area contributed by atoms with Crippen LogP contribution in [0.5, 0.6) is 5.75 Å². The summed E-state index contributed by atoms with van der Waals surface area (Å²) in [6.07, 6.45) is 3.88. The number of halogens is 1. The number of thioether (sulfide) groups is 2. The van der Waals surface area contributed by atoms with Gasteiger partial charge < -0.3 is 10.1 Å². The van der Waals surface area contributed by atoms with E-state index in [1.54, 1.807) is 54.9 Å². The van der Waals surface area contributed by atoms with Crippen LogP contribution in [0.4, 0.5) is 5.69 Å². The Morgan fingerprint density at radius 2 is 1.14 bits per heavy atom. The number of nitrogens with zero attached hydrogens (tertiary/aromatic N) is 2. The lowest BCUT2D eigenvalue weighted by Crippen LogP contribution is -2.34. The number of ether oxygens (including phenoxy) is 1. The molecule has 1 N–H and O–H groups in total. The number of carbonyl (C=O) groups excluding carboxylic acids is 4. The van der Waals surface area contributed by atoms with Gasteiger partial charge >= 0.3 is 0 Å². The molecule has 0 unspecified atom stereocenters. The highest BCUT2D eigenvalue weighted by atomic mass is 35.5. The monoisotopic (exact) mass is 649 g/mol. The summed E-state index contributed by atoms with van der Waals surface area (Å²) >= 11 is 9.18. The Labute approximate surface area is 270 Å². The molecule has 0 bridgehead atoms. The van der Waals surface area contributed by atoms with Crippen LogP contribution in [-0.4, -0.2) is 77.6 Å². The zero-order valence-electron chi connectivity index (χ0n) is 24.5. The van der Waals surface area contributed by atoms with Crippen LogP contribution >= 0.6 is 35.1 Å². The Bertz CT molecular complexity index is 1580. The second-order valence-electron chi connectivity index (χ2n) is 9.53. The van der Waals surface area contributed by atoms with Gasteiger partial charge in [0.25, 0.3) is 23.6 Å². The first-order valence-corrected chi connectivity index (χ1v) is 16.8. The van der Waals surface area contributed by atoms with E-state index in [4.69, 9.17) is 16.3 Å². The van der Waals surface area contributed by atoms with Crippen molar-refractivity contribution in [2.45, 2.75) is 0 Å². The van der Waals surface area contributed by atoms with E-state index < -0.39 is 5.91 Å². The van der Waals surface area contributed by atoms with Crippen LogP contribution in [0.3, 0.4) is 0 Å². The summed E-state index contributed by atoms with van der Waals surface area (Å²) in [5.74, 6) is 0.895. The summed E-state index contributed by atoms with van der Waals surface area (Å²) in [5, 5.41) is 3.15. The highest BCUT2D eigenvalue weighted by Gasteiger charge is 2.39. The third kappa shape index (κ3) is 7.38. The normalized spacial score (nSPS) is 14.8. The molecule has 228 valence electrons. The number of rotatable bonds is 11. The average Bonchev–Trinajstić information content (AvgIpc) is 3.41. The fraction of sp³-hybridized carbons (Fsp3) is 0.212. The Morgan fingerprint density at radius 1 is 0.659 bits per heavy atom. The summed E-state index contributed by atoms with van der Waals surface area (Å²) < 4.78 is 5.16. The predicted molar refractivity (Wildman–Crippen MR) is 179 cm³/mol. The van der Waals surface area contributed by atoms with Crippen LogP contribution in [0.15, 0.2) is 95.7 Å². The standard InChI is InChI=1S/C20H20N2O3S.C13H12ClNO2S/c1-25-16-10-8-15(9-11-16)21-18-17(14-6-4-3-5-7-14)19(23)22(20(18)24)12-13-26-2;1-18-8-7-15-12(16)10(11(14)13(15)17)9-5-3-2-4-6-9/h3-11,21H,12-13H2,1-2H3;2-6H,7-8H2,1H3. The van der Waals surface area contributed by atoms with Crippen molar-refractivity contribution in [3.05, 3.63) is 107 Å². The summed E-state index contributed by atoms with van der Waals surface area (Å²) in [7, 11) is 1.60. The number of carbonyl (C=O) groups is 4. The molecule has 4 amide bonds. The molecule has 0 saturated carbocycles.